The normalized spacial score (nSPS) is 16.0. The minimum atomic E-state index is -3.03. The summed E-state index contributed by atoms with van der Waals surface area (Å²) in [5.74, 6) is 0.124. The van der Waals surface area contributed by atoms with E-state index in [1.54, 1.807) is 0 Å². The minimum Gasteiger partial charge on any atom is -0.331 e. The maximum absolute atomic E-state index is 11.8. The number of carbonyl (C=O) groups excluding carboxylic acids is 1. The van der Waals surface area contributed by atoms with Gasteiger partial charge in [0, 0.05) is 11.3 Å². The first kappa shape index (κ1) is 15.3. The zero-order valence-electron chi connectivity index (χ0n) is 11.6. The molecule has 2 aromatic rings. The van der Waals surface area contributed by atoms with Gasteiger partial charge in [0.1, 0.15) is 10.0 Å². The van der Waals surface area contributed by atoms with Gasteiger partial charge in [0.05, 0.1) is 23.7 Å². The highest BCUT2D eigenvalue weighted by molar-refractivity contribution is 7.90. The van der Waals surface area contributed by atoms with Gasteiger partial charge in [-0.15, -0.1) is 21.5 Å². The SMILES string of the molecule is Cc1nnc(CNC(=O)Nc2nc3c(s2)CS(=O)(=O)CC3)s1. The molecule has 1 aliphatic heterocycles. The van der Waals surface area contributed by atoms with Crippen molar-refractivity contribution in [1.29, 1.82) is 0 Å². The topological polar surface area (TPSA) is 114 Å². The molecular formula is C11H13N5O3S3. The van der Waals surface area contributed by atoms with Gasteiger partial charge in [-0.3, -0.25) is 5.32 Å². The van der Waals surface area contributed by atoms with Gasteiger partial charge in [-0.25, -0.2) is 18.2 Å². The average Bonchev–Trinajstić information content (AvgIpc) is 3.00. The second-order valence-electron chi connectivity index (χ2n) is 4.75. The van der Waals surface area contributed by atoms with Gasteiger partial charge < -0.3 is 5.32 Å². The lowest BCUT2D eigenvalue weighted by Crippen LogP contribution is -2.28. The Hall–Kier alpha value is -1.59. The number of nitrogens with zero attached hydrogens (tertiary/aromatic N) is 3. The Balaban J connectivity index is 1.59. The third-order valence-corrected chi connectivity index (χ3v) is 6.56. The maximum atomic E-state index is 11.8. The highest BCUT2D eigenvalue weighted by Crippen LogP contribution is 2.29. The van der Waals surface area contributed by atoms with E-state index in [2.05, 4.69) is 25.8 Å². The van der Waals surface area contributed by atoms with Gasteiger partial charge in [0.25, 0.3) is 0 Å². The van der Waals surface area contributed by atoms with Gasteiger partial charge in [0.15, 0.2) is 15.0 Å². The number of urea groups is 1. The zero-order chi connectivity index (χ0) is 15.7. The molecule has 3 heterocycles. The summed E-state index contributed by atoms with van der Waals surface area (Å²) in [6, 6.07) is -0.401. The number of fused-ring (bicyclic) bond motifs is 1. The molecule has 0 spiro atoms. The highest BCUT2D eigenvalue weighted by Gasteiger charge is 2.25. The fourth-order valence-corrected chi connectivity index (χ4v) is 5.41. The number of carbonyl (C=O) groups is 1. The summed E-state index contributed by atoms with van der Waals surface area (Å²) in [6.45, 7) is 2.13. The first-order chi connectivity index (χ1) is 10.4. The van der Waals surface area contributed by atoms with Gasteiger partial charge in [0.2, 0.25) is 0 Å². The number of aryl methyl sites for hydroxylation is 2. The number of rotatable bonds is 3. The molecule has 3 rings (SSSR count). The number of aromatic nitrogens is 3. The third-order valence-electron chi connectivity index (χ3n) is 2.97. The molecule has 0 atom stereocenters. The van der Waals surface area contributed by atoms with Crippen molar-refractivity contribution in [3.05, 3.63) is 20.6 Å². The number of sulfone groups is 1. The molecule has 2 amide bonds. The standard InChI is InChI=1S/C11H13N5O3S3/c1-6-15-16-9(20-6)4-12-10(17)14-11-13-7-2-3-22(18,19)5-8(7)21-11/h2-5H2,1H3,(H2,12,13,14,17). The molecule has 0 radical (unpaired) electrons. The molecule has 1 aliphatic rings. The minimum absolute atomic E-state index is 0.00730. The Kier molecular flexibility index (Phi) is 4.10. The summed E-state index contributed by atoms with van der Waals surface area (Å²) < 4.78 is 23.1. The van der Waals surface area contributed by atoms with Gasteiger partial charge in [-0.05, 0) is 6.92 Å². The Bertz CT molecular complexity index is 811. The van der Waals surface area contributed by atoms with Gasteiger partial charge >= 0.3 is 6.03 Å². The van der Waals surface area contributed by atoms with Crippen molar-refractivity contribution >= 4 is 43.7 Å². The van der Waals surface area contributed by atoms with Crippen molar-refractivity contribution in [3.8, 4) is 0 Å². The average molecular weight is 359 g/mol. The fraction of sp³-hybridized carbons (Fsp3) is 0.455. The molecule has 0 fully saturated rings. The molecule has 11 heteroatoms. The fourth-order valence-electron chi connectivity index (χ4n) is 1.98. The predicted octanol–water partition coefficient (Wildman–Crippen LogP) is 1.10. The van der Waals surface area contributed by atoms with E-state index in [0.29, 0.717) is 16.4 Å². The molecule has 0 saturated carbocycles. The molecule has 0 aromatic carbocycles. The van der Waals surface area contributed by atoms with Crippen molar-refractivity contribution in [2.75, 3.05) is 11.1 Å². The number of amides is 2. The van der Waals surface area contributed by atoms with Crippen molar-refractivity contribution in [2.24, 2.45) is 0 Å². The van der Waals surface area contributed by atoms with Crippen LogP contribution < -0.4 is 10.6 Å². The summed E-state index contributed by atoms with van der Waals surface area (Å²) in [5, 5.41) is 15.0. The third kappa shape index (κ3) is 3.59. The summed E-state index contributed by atoms with van der Waals surface area (Å²) in [7, 11) is -3.03. The molecule has 22 heavy (non-hydrogen) atoms. The van der Waals surface area contributed by atoms with Crippen molar-refractivity contribution < 1.29 is 13.2 Å². The molecule has 0 aliphatic carbocycles. The first-order valence-electron chi connectivity index (χ1n) is 6.44. The molecule has 2 N–H and O–H groups in total. The molecular weight excluding hydrogens is 346 g/mol. The van der Waals surface area contributed by atoms with E-state index < -0.39 is 15.9 Å². The van der Waals surface area contributed by atoms with Crippen molar-refractivity contribution in [3.63, 3.8) is 0 Å². The number of thiazole rings is 1. The molecule has 0 saturated heterocycles. The first-order valence-corrected chi connectivity index (χ1v) is 9.89. The van der Waals surface area contributed by atoms with Gasteiger partial charge in [-0.2, -0.15) is 0 Å². The number of nitrogens with one attached hydrogen (secondary N) is 2. The second-order valence-corrected chi connectivity index (χ2v) is 9.29. The van der Waals surface area contributed by atoms with Crippen LogP contribution >= 0.6 is 22.7 Å². The number of anilines is 1. The van der Waals surface area contributed by atoms with Crippen molar-refractivity contribution in [1.82, 2.24) is 20.5 Å². The Morgan fingerprint density at radius 2 is 2.14 bits per heavy atom. The van der Waals surface area contributed by atoms with E-state index in [1.165, 1.54) is 22.7 Å². The quantitative estimate of drug-likeness (QED) is 0.848. The van der Waals surface area contributed by atoms with Crippen LogP contribution in [-0.2, 0) is 28.6 Å². The molecule has 2 aromatic heterocycles. The predicted molar refractivity (Wildman–Crippen MR) is 83.8 cm³/mol. The number of hydrogen-bond acceptors (Lipinski definition) is 8. The van der Waals surface area contributed by atoms with E-state index in [0.717, 1.165) is 15.7 Å². The summed E-state index contributed by atoms with van der Waals surface area (Å²) in [4.78, 5) is 16.8. The van der Waals surface area contributed by atoms with E-state index in [-0.39, 0.29) is 18.1 Å². The van der Waals surface area contributed by atoms with Crippen LogP contribution in [0.5, 0.6) is 0 Å². The highest BCUT2D eigenvalue weighted by atomic mass is 32.2. The van der Waals surface area contributed by atoms with Crippen LogP contribution in [0.2, 0.25) is 0 Å². The molecule has 0 unspecified atom stereocenters. The maximum Gasteiger partial charge on any atom is 0.321 e. The summed E-state index contributed by atoms with van der Waals surface area (Å²) >= 11 is 2.62. The zero-order valence-corrected chi connectivity index (χ0v) is 14.1. The summed E-state index contributed by atoms with van der Waals surface area (Å²) in [5.41, 5.74) is 0.759. The Labute approximate surface area is 134 Å². The van der Waals surface area contributed by atoms with Crippen LogP contribution in [0.15, 0.2) is 0 Å². The monoisotopic (exact) mass is 359 g/mol. The molecule has 8 nitrogen and oxygen atoms in total. The van der Waals surface area contributed by atoms with Crippen molar-refractivity contribution in [2.45, 2.75) is 25.6 Å². The largest absolute Gasteiger partial charge is 0.331 e. The van der Waals surface area contributed by atoms with Crippen LogP contribution in [0.25, 0.3) is 0 Å². The Morgan fingerprint density at radius 1 is 1.32 bits per heavy atom. The molecule has 118 valence electrons. The van der Waals surface area contributed by atoms with E-state index in [9.17, 15) is 13.2 Å². The van der Waals surface area contributed by atoms with Crippen LogP contribution in [0, 0.1) is 6.92 Å². The second kappa shape index (κ2) is 5.89. The smallest absolute Gasteiger partial charge is 0.321 e. The lowest BCUT2D eigenvalue weighted by molar-refractivity contribution is 0.251. The molecule has 0 bridgehead atoms. The lowest BCUT2D eigenvalue weighted by atomic mass is 10.3. The summed E-state index contributed by atoms with van der Waals surface area (Å²) in [6.07, 6.45) is 0.404. The van der Waals surface area contributed by atoms with E-state index in [1.807, 2.05) is 6.92 Å². The van der Waals surface area contributed by atoms with Crippen LogP contribution in [0.3, 0.4) is 0 Å². The van der Waals surface area contributed by atoms with Crippen LogP contribution in [0.1, 0.15) is 20.6 Å². The van der Waals surface area contributed by atoms with E-state index >= 15 is 0 Å². The van der Waals surface area contributed by atoms with Crippen LogP contribution in [-0.4, -0.2) is 35.4 Å². The lowest BCUT2D eigenvalue weighted by Gasteiger charge is -2.08. The van der Waals surface area contributed by atoms with Crippen LogP contribution in [0.4, 0.5) is 9.93 Å². The Morgan fingerprint density at radius 3 is 2.86 bits per heavy atom. The van der Waals surface area contributed by atoms with Gasteiger partial charge in [-0.1, -0.05) is 11.3 Å². The van der Waals surface area contributed by atoms with E-state index in [4.69, 9.17) is 0 Å². The number of hydrogen-bond donors (Lipinski definition) is 2.